The van der Waals surface area contributed by atoms with Crippen LogP contribution < -0.4 is 28.1 Å². The van der Waals surface area contributed by atoms with Crippen LogP contribution in [-0.4, -0.2) is 14.2 Å². The first kappa shape index (κ1) is 23.6. The van der Waals surface area contributed by atoms with Crippen LogP contribution in [0.4, 0.5) is 0 Å². The summed E-state index contributed by atoms with van der Waals surface area (Å²) in [5.74, 6) is 0. The molecule has 0 N–H and O–H groups in total. The van der Waals surface area contributed by atoms with E-state index in [1.807, 2.05) is 0 Å². The van der Waals surface area contributed by atoms with Gasteiger partial charge in [-0.05, 0) is 22.9 Å². The molecule has 0 radical (unpaired) electrons. The summed E-state index contributed by atoms with van der Waals surface area (Å²) in [5, 5.41) is 0. The van der Waals surface area contributed by atoms with Crippen LogP contribution in [0, 0.1) is 0 Å². The molecule has 0 bridgehead atoms. The molecule has 1 aromatic rings. The molecule has 23 heavy (non-hydrogen) atoms. The van der Waals surface area contributed by atoms with Crippen LogP contribution in [-0.2, 0) is 6.42 Å². The van der Waals surface area contributed by atoms with Crippen molar-refractivity contribution in [3.63, 3.8) is 0 Å². The Kier molecular flexibility index (Phi) is 10.8. The Morgan fingerprint density at radius 3 is 1.96 bits per heavy atom. The van der Waals surface area contributed by atoms with Crippen molar-refractivity contribution in [1.29, 1.82) is 0 Å². The molecule has 130 valence electrons. The van der Waals surface area contributed by atoms with Gasteiger partial charge >= 0.3 is 18.9 Å². The number of hydrogen-bond donors (Lipinski definition) is 0. The van der Waals surface area contributed by atoms with Gasteiger partial charge in [-0.15, -0.1) is 0 Å². The molecule has 0 saturated carbocycles. The molecule has 1 rings (SSSR count). The van der Waals surface area contributed by atoms with Gasteiger partial charge < -0.3 is 1.43 Å². The van der Waals surface area contributed by atoms with Crippen LogP contribution in [0.1, 0.15) is 60.4 Å². The summed E-state index contributed by atoms with van der Waals surface area (Å²) < 4.78 is 3.54. The van der Waals surface area contributed by atoms with Gasteiger partial charge in [-0.2, -0.15) is 35.1 Å². The van der Waals surface area contributed by atoms with Crippen molar-refractivity contribution in [2.75, 3.05) is 0 Å². The van der Waals surface area contributed by atoms with Crippen molar-refractivity contribution in [2.45, 2.75) is 98.4 Å². The molecule has 0 aromatic carbocycles. The molecule has 0 unspecified atom stereocenters. The monoisotopic (exact) mass is 345 g/mol. The van der Waals surface area contributed by atoms with Crippen LogP contribution in [0.15, 0.2) is 6.07 Å². The SMILES string of the molecule is CCCCCCc1cc([B-](CC)(CC)CC)sc1[Si](C)(C)C.[H-].[Li+]. The second-order valence-corrected chi connectivity index (χ2v) is 14.7. The van der Waals surface area contributed by atoms with E-state index in [1.165, 1.54) is 51.1 Å². The molecule has 0 aliphatic rings. The average molecular weight is 345 g/mol. The zero-order chi connectivity index (χ0) is 16.8. The fourth-order valence-corrected chi connectivity index (χ4v) is 8.00. The Morgan fingerprint density at radius 1 is 0.957 bits per heavy atom. The zero-order valence-electron chi connectivity index (χ0n) is 18.2. The number of aryl methyl sites for hydroxylation is 1. The van der Waals surface area contributed by atoms with Crippen molar-refractivity contribution < 1.29 is 20.3 Å². The topological polar surface area (TPSA) is 0 Å². The van der Waals surface area contributed by atoms with Gasteiger partial charge in [0.25, 0.3) is 0 Å². The molecule has 0 aliphatic carbocycles. The van der Waals surface area contributed by atoms with E-state index in [-0.39, 0.29) is 26.4 Å². The molecule has 0 spiro atoms. The van der Waals surface area contributed by atoms with Crippen molar-refractivity contribution in [2.24, 2.45) is 0 Å². The van der Waals surface area contributed by atoms with Gasteiger partial charge in [0.2, 0.25) is 0 Å². The predicted octanol–water partition coefficient (Wildman–Crippen LogP) is 3.25. The molecule has 0 amide bonds. The maximum absolute atomic E-state index is 2.64. The fraction of sp³-hybridized carbons (Fsp3) is 0.789. The second-order valence-electron chi connectivity index (χ2n) is 8.27. The van der Waals surface area contributed by atoms with Crippen molar-refractivity contribution >= 4 is 34.8 Å². The maximum Gasteiger partial charge on any atom is 1.00 e. The minimum Gasteiger partial charge on any atom is -1.00 e. The summed E-state index contributed by atoms with van der Waals surface area (Å²) in [6, 6.07) is 2.64. The third-order valence-corrected chi connectivity index (χ3v) is 10.9. The molecule has 1 heterocycles. The standard InChI is InChI=1S/C19H38BSSi.Li.H/c1-8-12-13-14-15-17-16-18(20(9-2,10-3)11-4)21-19(17)22(5,6)7;;/h16H,8-15H2,1-7H3;;/q-1;+1;-1. The van der Waals surface area contributed by atoms with Gasteiger partial charge in [0.05, 0.1) is 8.07 Å². The van der Waals surface area contributed by atoms with E-state index in [0.717, 1.165) is 0 Å². The van der Waals surface area contributed by atoms with Crippen molar-refractivity contribution in [3.05, 3.63) is 11.6 Å². The van der Waals surface area contributed by atoms with Crippen LogP contribution in [0.2, 0.25) is 38.6 Å². The van der Waals surface area contributed by atoms with Gasteiger partial charge in [0.15, 0.2) is 0 Å². The van der Waals surface area contributed by atoms with Crippen LogP contribution >= 0.6 is 11.3 Å². The van der Waals surface area contributed by atoms with Crippen LogP contribution in [0.3, 0.4) is 0 Å². The summed E-state index contributed by atoms with van der Waals surface area (Å²) in [4.78, 5) is 0. The third-order valence-electron chi connectivity index (χ3n) is 5.76. The van der Waals surface area contributed by atoms with Gasteiger partial charge in [0.1, 0.15) is 0 Å². The quantitative estimate of drug-likeness (QED) is 0.451. The van der Waals surface area contributed by atoms with E-state index in [2.05, 4.69) is 64.7 Å². The molecule has 4 heteroatoms. The Labute approximate surface area is 164 Å². The number of unbranched alkanes of at least 4 members (excludes halogenated alkanes) is 3. The minimum absolute atomic E-state index is 0. The summed E-state index contributed by atoms with van der Waals surface area (Å²) in [5.41, 5.74) is 1.72. The van der Waals surface area contributed by atoms with Crippen molar-refractivity contribution in [1.82, 2.24) is 0 Å². The molecule has 0 aliphatic heterocycles. The molecule has 1 aromatic heterocycles. The van der Waals surface area contributed by atoms with Crippen molar-refractivity contribution in [3.8, 4) is 0 Å². The Morgan fingerprint density at radius 2 is 1.52 bits per heavy atom. The van der Waals surface area contributed by atoms with E-state index in [9.17, 15) is 0 Å². The molecule has 0 saturated heterocycles. The molecule has 0 atom stereocenters. The average Bonchev–Trinajstić information content (AvgIpc) is 2.91. The normalized spacial score (nSPS) is 12.3. The minimum atomic E-state index is -1.21. The first-order chi connectivity index (χ1) is 10.3. The van der Waals surface area contributed by atoms with E-state index in [4.69, 9.17) is 0 Å². The first-order valence-electron chi connectivity index (χ1n) is 9.68. The molecule has 0 nitrogen and oxygen atoms in total. The van der Waals surface area contributed by atoms with Gasteiger partial charge in [-0.25, -0.2) is 0 Å². The Hall–Kier alpha value is 0.579. The molecular formula is C19H39BLiSSi-. The van der Waals surface area contributed by atoms with Gasteiger partial charge in [-0.1, -0.05) is 72.7 Å². The van der Waals surface area contributed by atoms with E-state index >= 15 is 0 Å². The van der Waals surface area contributed by atoms with E-state index < -0.39 is 8.07 Å². The Balaban J connectivity index is 0. The maximum atomic E-state index is 2.64. The number of thiophene rings is 1. The van der Waals surface area contributed by atoms with E-state index in [1.54, 1.807) is 14.8 Å². The largest absolute Gasteiger partial charge is 1.00 e. The van der Waals surface area contributed by atoms with Gasteiger partial charge in [-0.3, -0.25) is 0 Å². The smallest absolute Gasteiger partial charge is 1.00 e. The summed E-state index contributed by atoms with van der Waals surface area (Å²) in [6.07, 6.45) is 10.6. The van der Waals surface area contributed by atoms with Crippen LogP contribution in [0.5, 0.6) is 0 Å². The summed E-state index contributed by atoms with van der Waals surface area (Å²) in [6.45, 7) is 17.1. The Bertz CT molecular complexity index is 444. The van der Waals surface area contributed by atoms with Crippen LogP contribution in [0.25, 0.3) is 0 Å². The first-order valence-corrected chi connectivity index (χ1v) is 14.0. The third kappa shape index (κ3) is 6.10. The fourth-order valence-electron chi connectivity index (χ4n) is 3.78. The predicted molar refractivity (Wildman–Crippen MR) is 113 cm³/mol. The molecular weight excluding hydrogens is 306 g/mol. The molecule has 0 fully saturated rings. The second kappa shape index (κ2) is 10.5. The zero-order valence-corrected chi connectivity index (χ0v) is 19.0. The number of rotatable bonds is 10. The number of hydrogen-bond acceptors (Lipinski definition) is 1. The van der Waals surface area contributed by atoms with Gasteiger partial charge in [0, 0.05) is 6.15 Å². The summed E-state index contributed by atoms with van der Waals surface area (Å²) >= 11 is 2.20. The van der Waals surface area contributed by atoms with E-state index in [0.29, 0.717) is 0 Å². The summed E-state index contributed by atoms with van der Waals surface area (Å²) in [7, 11) is -1.21.